The van der Waals surface area contributed by atoms with Gasteiger partial charge >= 0.3 is 0 Å². The minimum atomic E-state index is -1.29. The summed E-state index contributed by atoms with van der Waals surface area (Å²) in [6, 6.07) is 10.2. The minimum Gasteiger partial charge on any atom is -0.398 e. The van der Waals surface area contributed by atoms with Crippen molar-refractivity contribution in [2.45, 2.75) is 24.5 Å². The summed E-state index contributed by atoms with van der Waals surface area (Å²) in [6.45, 7) is 3.89. The summed E-state index contributed by atoms with van der Waals surface area (Å²) in [5, 5.41) is 0. The molecule has 2 N–H and O–H groups in total. The average molecular weight is 277 g/mol. The van der Waals surface area contributed by atoms with Crippen molar-refractivity contribution in [1.29, 1.82) is 0 Å². The highest BCUT2D eigenvalue weighted by Gasteiger charge is 2.13. The summed E-state index contributed by atoms with van der Waals surface area (Å²) in [5.41, 5.74) is 8.47. The van der Waals surface area contributed by atoms with Gasteiger partial charge < -0.3 is 5.73 Å². The third-order valence-corrected chi connectivity index (χ3v) is 4.51. The van der Waals surface area contributed by atoms with Crippen LogP contribution in [-0.4, -0.2) is 4.21 Å². The third kappa shape index (κ3) is 3.01. The zero-order valence-corrected chi connectivity index (χ0v) is 11.8. The van der Waals surface area contributed by atoms with E-state index in [-0.39, 0.29) is 5.75 Å². The molecule has 0 radical (unpaired) electrons. The van der Waals surface area contributed by atoms with Crippen LogP contribution in [0, 0.1) is 19.7 Å². The fourth-order valence-electron chi connectivity index (χ4n) is 1.99. The number of aryl methyl sites for hydroxylation is 2. The maximum atomic E-state index is 13.7. The molecule has 0 aromatic heterocycles. The number of nitrogen functional groups attached to an aromatic ring is 1. The maximum absolute atomic E-state index is 13.7. The molecule has 0 aliphatic heterocycles. The minimum absolute atomic E-state index is 0.0996. The lowest BCUT2D eigenvalue weighted by Crippen LogP contribution is -2.04. The predicted molar refractivity (Wildman–Crippen MR) is 76.8 cm³/mol. The molecule has 0 spiro atoms. The number of rotatable bonds is 3. The van der Waals surface area contributed by atoms with E-state index in [2.05, 4.69) is 0 Å². The molecule has 2 rings (SSSR count). The van der Waals surface area contributed by atoms with Gasteiger partial charge in [0.05, 0.1) is 16.6 Å². The third-order valence-electron chi connectivity index (χ3n) is 3.01. The van der Waals surface area contributed by atoms with Crippen molar-refractivity contribution in [3.63, 3.8) is 0 Å². The molecule has 100 valence electrons. The zero-order valence-electron chi connectivity index (χ0n) is 10.9. The van der Waals surface area contributed by atoms with Crippen LogP contribution in [0.2, 0.25) is 0 Å². The van der Waals surface area contributed by atoms with Crippen LogP contribution in [0.4, 0.5) is 10.1 Å². The van der Waals surface area contributed by atoms with E-state index in [1.165, 1.54) is 6.07 Å². The van der Waals surface area contributed by atoms with E-state index in [9.17, 15) is 8.60 Å². The summed E-state index contributed by atoms with van der Waals surface area (Å²) >= 11 is 0. The Morgan fingerprint density at radius 3 is 2.58 bits per heavy atom. The van der Waals surface area contributed by atoms with Crippen molar-refractivity contribution in [3.8, 4) is 0 Å². The van der Waals surface area contributed by atoms with Gasteiger partial charge in [-0.1, -0.05) is 23.8 Å². The fourth-order valence-corrected chi connectivity index (χ4v) is 3.35. The smallest absolute Gasteiger partial charge is 0.129 e. The van der Waals surface area contributed by atoms with Crippen molar-refractivity contribution in [1.82, 2.24) is 0 Å². The molecule has 2 aromatic rings. The van der Waals surface area contributed by atoms with E-state index in [1.807, 2.05) is 32.0 Å². The largest absolute Gasteiger partial charge is 0.398 e. The molecular weight excluding hydrogens is 261 g/mol. The first-order valence-electron chi connectivity index (χ1n) is 5.97. The van der Waals surface area contributed by atoms with E-state index >= 15 is 0 Å². The molecule has 0 saturated heterocycles. The molecule has 1 unspecified atom stereocenters. The quantitative estimate of drug-likeness (QED) is 0.874. The summed E-state index contributed by atoms with van der Waals surface area (Å²) in [7, 11) is -1.29. The molecule has 2 nitrogen and oxygen atoms in total. The number of hydrogen-bond donors (Lipinski definition) is 1. The molecule has 4 heteroatoms. The highest BCUT2D eigenvalue weighted by Crippen LogP contribution is 2.22. The molecule has 0 fully saturated rings. The van der Waals surface area contributed by atoms with Crippen LogP contribution in [0.15, 0.2) is 41.3 Å². The van der Waals surface area contributed by atoms with Gasteiger partial charge in [0.25, 0.3) is 0 Å². The lowest BCUT2D eigenvalue weighted by atomic mass is 10.2. The molecule has 0 saturated carbocycles. The second-order valence-electron chi connectivity index (χ2n) is 4.57. The monoisotopic (exact) mass is 277 g/mol. The Kier molecular flexibility index (Phi) is 4.00. The summed E-state index contributed by atoms with van der Waals surface area (Å²) in [6.07, 6.45) is 0. The number of nitrogens with two attached hydrogens (primary N) is 1. The number of anilines is 1. The van der Waals surface area contributed by atoms with Gasteiger partial charge in [-0.3, -0.25) is 4.21 Å². The van der Waals surface area contributed by atoms with Gasteiger partial charge in [-0.25, -0.2) is 4.39 Å². The topological polar surface area (TPSA) is 43.1 Å². The highest BCUT2D eigenvalue weighted by molar-refractivity contribution is 7.84. The van der Waals surface area contributed by atoms with Crippen LogP contribution in [0.1, 0.15) is 16.7 Å². The Morgan fingerprint density at radius 2 is 1.95 bits per heavy atom. The Balaban J connectivity index is 2.31. The highest BCUT2D eigenvalue weighted by atomic mass is 32.2. The number of halogens is 1. The average Bonchev–Trinajstić information content (AvgIpc) is 2.33. The molecule has 0 aliphatic carbocycles. The number of hydrogen-bond acceptors (Lipinski definition) is 2. The van der Waals surface area contributed by atoms with Crippen LogP contribution >= 0.6 is 0 Å². The van der Waals surface area contributed by atoms with Gasteiger partial charge in [-0.2, -0.15) is 0 Å². The normalized spacial score (nSPS) is 12.4. The Labute approximate surface area is 114 Å². The molecule has 0 bridgehead atoms. The van der Waals surface area contributed by atoms with Crippen molar-refractivity contribution >= 4 is 16.5 Å². The Bertz CT molecular complexity index is 620. The van der Waals surface area contributed by atoms with E-state index in [0.717, 1.165) is 16.0 Å². The molecule has 0 heterocycles. The molecule has 0 aliphatic rings. The van der Waals surface area contributed by atoms with Crippen LogP contribution in [0.5, 0.6) is 0 Å². The van der Waals surface area contributed by atoms with Gasteiger partial charge in [-0.15, -0.1) is 0 Å². The van der Waals surface area contributed by atoms with Gasteiger partial charge in [0.2, 0.25) is 0 Å². The first kappa shape index (κ1) is 13.7. The van der Waals surface area contributed by atoms with E-state index in [0.29, 0.717) is 11.3 Å². The van der Waals surface area contributed by atoms with Crippen LogP contribution in [0.25, 0.3) is 0 Å². The summed E-state index contributed by atoms with van der Waals surface area (Å²) in [5.74, 6) is -0.305. The Morgan fingerprint density at radius 1 is 1.21 bits per heavy atom. The standard InChI is InChI=1S/C15H16FNOS/c1-10-6-7-15(11(2)8-10)19(18)9-12-13(16)4-3-5-14(12)17/h3-8H,9,17H2,1-2H3. The Hall–Kier alpha value is -1.68. The van der Waals surface area contributed by atoms with E-state index in [4.69, 9.17) is 5.73 Å². The lowest BCUT2D eigenvalue weighted by molar-refractivity contribution is 0.616. The SMILES string of the molecule is Cc1ccc(S(=O)Cc2c(N)cccc2F)c(C)c1. The van der Waals surface area contributed by atoms with Gasteiger partial charge in [0.15, 0.2) is 0 Å². The molecule has 0 amide bonds. The molecule has 1 atom stereocenters. The van der Waals surface area contributed by atoms with Crippen molar-refractivity contribution in [3.05, 3.63) is 58.9 Å². The van der Waals surface area contributed by atoms with Gasteiger partial charge in [0, 0.05) is 16.1 Å². The van der Waals surface area contributed by atoms with E-state index < -0.39 is 16.6 Å². The summed E-state index contributed by atoms with van der Waals surface area (Å²) < 4.78 is 26.0. The predicted octanol–water partition coefficient (Wildman–Crippen LogP) is 3.33. The van der Waals surface area contributed by atoms with Crippen molar-refractivity contribution in [2.75, 3.05) is 5.73 Å². The van der Waals surface area contributed by atoms with E-state index in [1.54, 1.807) is 12.1 Å². The van der Waals surface area contributed by atoms with Crippen molar-refractivity contribution < 1.29 is 8.60 Å². The molecule has 2 aromatic carbocycles. The summed E-state index contributed by atoms with van der Waals surface area (Å²) in [4.78, 5) is 0.730. The molecular formula is C15H16FNOS. The second-order valence-corrected chi connectivity index (χ2v) is 5.99. The van der Waals surface area contributed by atoms with Crippen LogP contribution in [0.3, 0.4) is 0 Å². The van der Waals surface area contributed by atoms with Gasteiger partial charge in [-0.05, 0) is 37.6 Å². The fraction of sp³-hybridized carbons (Fsp3) is 0.200. The van der Waals surface area contributed by atoms with Crippen LogP contribution < -0.4 is 5.73 Å². The number of benzene rings is 2. The van der Waals surface area contributed by atoms with Crippen LogP contribution in [-0.2, 0) is 16.6 Å². The van der Waals surface area contributed by atoms with Crippen molar-refractivity contribution in [2.24, 2.45) is 0 Å². The first-order chi connectivity index (χ1) is 8.99. The first-order valence-corrected chi connectivity index (χ1v) is 7.29. The second kappa shape index (κ2) is 5.53. The maximum Gasteiger partial charge on any atom is 0.129 e. The zero-order chi connectivity index (χ0) is 14.0. The molecule has 19 heavy (non-hydrogen) atoms. The van der Waals surface area contributed by atoms with Gasteiger partial charge in [0.1, 0.15) is 5.82 Å². The lowest BCUT2D eigenvalue weighted by Gasteiger charge is -2.09.